The average Bonchev–Trinajstić information content (AvgIpc) is 2.92. The molecule has 0 unspecified atom stereocenters. The summed E-state index contributed by atoms with van der Waals surface area (Å²) in [6.07, 6.45) is 2.84. The topological polar surface area (TPSA) is 29.1 Å². The molecule has 3 atom stereocenters. The minimum absolute atomic E-state index is 0.0715. The summed E-state index contributed by atoms with van der Waals surface area (Å²) in [7, 11) is 0. The number of carbonyl (C=O) groups excluding carboxylic acids is 1. The standard InChI is InChI=1S/C26H23NOS/c1-17-11-13-19(14-12-17)26-25-22(27-21-9-5-6-10-24(21)29-26)15-20(16-23(25)28)18-7-3-2-4-8-18/h2-15,20,25-27H,16H2,1H3/t20-,25-,26-/m1/s1. The lowest BCUT2D eigenvalue weighted by molar-refractivity contribution is -0.122. The number of allylic oxidation sites excluding steroid dienone is 2. The van der Waals surface area contributed by atoms with Crippen molar-refractivity contribution >= 4 is 23.2 Å². The summed E-state index contributed by atoms with van der Waals surface area (Å²) in [5, 5.41) is 3.69. The molecule has 0 amide bonds. The fraction of sp³-hybridized carbons (Fsp3) is 0.192. The minimum Gasteiger partial charge on any atom is -0.358 e. The van der Waals surface area contributed by atoms with Crippen molar-refractivity contribution in [2.24, 2.45) is 5.92 Å². The van der Waals surface area contributed by atoms with Gasteiger partial charge >= 0.3 is 0 Å². The van der Waals surface area contributed by atoms with Crippen LogP contribution in [0.2, 0.25) is 0 Å². The number of fused-ring (bicyclic) bond motifs is 2. The van der Waals surface area contributed by atoms with E-state index in [1.165, 1.54) is 21.6 Å². The van der Waals surface area contributed by atoms with Crippen LogP contribution in [0.25, 0.3) is 0 Å². The molecule has 2 aliphatic rings. The number of para-hydroxylation sites is 1. The lowest BCUT2D eigenvalue weighted by atomic mass is 9.78. The first-order chi connectivity index (χ1) is 14.2. The molecule has 29 heavy (non-hydrogen) atoms. The summed E-state index contributed by atoms with van der Waals surface area (Å²) in [5.41, 5.74) is 5.77. The number of anilines is 1. The maximum Gasteiger partial charge on any atom is 0.144 e. The zero-order chi connectivity index (χ0) is 19.8. The van der Waals surface area contributed by atoms with Crippen molar-refractivity contribution in [1.82, 2.24) is 0 Å². The van der Waals surface area contributed by atoms with E-state index < -0.39 is 0 Å². The third kappa shape index (κ3) is 3.51. The minimum atomic E-state index is -0.157. The zero-order valence-electron chi connectivity index (χ0n) is 16.3. The van der Waals surface area contributed by atoms with Gasteiger partial charge in [-0.3, -0.25) is 4.79 Å². The van der Waals surface area contributed by atoms with Gasteiger partial charge in [0.25, 0.3) is 0 Å². The molecule has 3 aromatic rings. The fourth-order valence-electron chi connectivity index (χ4n) is 4.31. The van der Waals surface area contributed by atoms with Crippen LogP contribution in [-0.2, 0) is 4.79 Å². The van der Waals surface area contributed by atoms with Crippen LogP contribution in [0.1, 0.15) is 34.3 Å². The van der Waals surface area contributed by atoms with Gasteiger partial charge in [-0.1, -0.05) is 78.4 Å². The van der Waals surface area contributed by atoms with E-state index >= 15 is 0 Å². The number of thioether (sulfide) groups is 1. The molecular weight excluding hydrogens is 374 g/mol. The van der Waals surface area contributed by atoms with Crippen molar-refractivity contribution in [2.45, 2.75) is 29.4 Å². The summed E-state index contributed by atoms with van der Waals surface area (Å²) in [4.78, 5) is 14.7. The monoisotopic (exact) mass is 397 g/mol. The third-order valence-electron chi connectivity index (χ3n) is 5.84. The lowest BCUT2D eigenvalue weighted by Crippen LogP contribution is -2.30. The Morgan fingerprint density at radius 1 is 0.862 bits per heavy atom. The van der Waals surface area contributed by atoms with Crippen LogP contribution in [0.4, 0.5) is 5.69 Å². The smallest absolute Gasteiger partial charge is 0.144 e. The van der Waals surface area contributed by atoms with Crippen LogP contribution in [-0.4, -0.2) is 5.78 Å². The van der Waals surface area contributed by atoms with Gasteiger partial charge in [-0.05, 0) is 30.2 Å². The van der Waals surface area contributed by atoms with Gasteiger partial charge in [-0.15, -0.1) is 11.8 Å². The van der Waals surface area contributed by atoms with E-state index in [-0.39, 0.29) is 17.1 Å². The highest BCUT2D eigenvalue weighted by Gasteiger charge is 2.40. The first-order valence-electron chi connectivity index (χ1n) is 10.1. The Hall–Kier alpha value is -2.78. The van der Waals surface area contributed by atoms with Crippen molar-refractivity contribution < 1.29 is 4.79 Å². The van der Waals surface area contributed by atoms with E-state index in [9.17, 15) is 4.79 Å². The van der Waals surface area contributed by atoms with Crippen molar-refractivity contribution in [2.75, 3.05) is 5.32 Å². The summed E-state index contributed by atoms with van der Waals surface area (Å²) in [6, 6.07) is 27.4. The van der Waals surface area contributed by atoms with Crippen LogP contribution in [0.5, 0.6) is 0 Å². The number of benzene rings is 3. The second-order valence-corrected chi connectivity index (χ2v) is 9.04. The van der Waals surface area contributed by atoms with E-state index in [1.54, 1.807) is 11.8 Å². The quantitative estimate of drug-likeness (QED) is 0.534. The molecule has 1 aliphatic carbocycles. The molecule has 0 aromatic heterocycles. The summed E-state index contributed by atoms with van der Waals surface area (Å²) in [6.45, 7) is 2.10. The SMILES string of the molecule is Cc1ccc([C@H]2Sc3ccccc3NC3=C[C@@H](c4ccccc4)CC(=O)[C@@H]32)cc1. The Bertz CT molecular complexity index is 1070. The fourth-order valence-corrected chi connectivity index (χ4v) is 5.72. The molecule has 3 aromatic carbocycles. The Labute approximate surface area is 176 Å². The molecule has 0 bridgehead atoms. The summed E-state index contributed by atoms with van der Waals surface area (Å²) >= 11 is 1.80. The number of carbonyl (C=O) groups is 1. The Morgan fingerprint density at radius 3 is 2.38 bits per heavy atom. The largest absolute Gasteiger partial charge is 0.358 e. The first kappa shape index (κ1) is 18.3. The molecule has 5 rings (SSSR count). The van der Waals surface area contributed by atoms with E-state index in [4.69, 9.17) is 0 Å². The van der Waals surface area contributed by atoms with Gasteiger partial charge in [0.1, 0.15) is 5.78 Å². The normalized spacial score (nSPS) is 23.3. The second kappa shape index (κ2) is 7.57. The highest BCUT2D eigenvalue weighted by Crippen LogP contribution is 2.51. The zero-order valence-corrected chi connectivity index (χ0v) is 17.2. The maximum absolute atomic E-state index is 13.5. The molecule has 1 aliphatic heterocycles. The van der Waals surface area contributed by atoms with Crippen molar-refractivity contribution in [3.63, 3.8) is 0 Å². The van der Waals surface area contributed by atoms with Crippen LogP contribution < -0.4 is 5.32 Å². The molecule has 144 valence electrons. The van der Waals surface area contributed by atoms with Gasteiger partial charge in [-0.25, -0.2) is 0 Å². The number of aryl methyl sites for hydroxylation is 1. The first-order valence-corrected chi connectivity index (χ1v) is 11.0. The molecule has 0 fully saturated rings. The molecule has 1 N–H and O–H groups in total. The van der Waals surface area contributed by atoms with E-state index in [0.29, 0.717) is 12.2 Å². The number of ketones is 1. The predicted octanol–water partition coefficient (Wildman–Crippen LogP) is 6.51. The number of rotatable bonds is 2. The number of nitrogens with one attached hydrogen (secondary N) is 1. The number of hydrogen-bond donors (Lipinski definition) is 1. The Balaban J connectivity index is 1.62. The average molecular weight is 398 g/mol. The van der Waals surface area contributed by atoms with E-state index in [0.717, 1.165) is 11.4 Å². The molecule has 0 radical (unpaired) electrons. The molecule has 0 spiro atoms. The van der Waals surface area contributed by atoms with Crippen molar-refractivity contribution in [3.8, 4) is 0 Å². The number of Topliss-reactive ketones (excluding diaryl/α,β-unsaturated/α-hetero) is 1. The third-order valence-corrected chi connectivity index (χ3v) is 7.25. The van der Waals surface area contributed by atoms with Gasteiger partial charge in [0.05, 0.1) is 11.6 Å². The molecule has 3 heteroatoms. The summed E-state index contributed by atoms with van der Waals surface area (Å²) < 4.78 is 0. The van der Waals surface area contributed by atoms with Crippen LogP contribution in [0.3, 0.4) is 0 Å². The second-order valence-electron chi connectivity index (χ2n) is 7.86. The van der Waals surface area contributed by atoms with Crippen LogP contribution in [0.15, 0.2) is 95.5 Å². The van der Waals surface area contributed by atoms with Crippen molar-refractivity contribution in [1.29, 1.82) is 0 Å². The van der Waals surface area contributed by atoms with E-state index in [1.807, 2.05) is 24.3 Å². The van der Waals surface area contributed by atoms with Gasteiger partial charge in [-0.2, -0.15) is 0 Å². The van der Waals surface area contributed by atoms with Crippen LogP contribution in [0, 0.1) is 12.8 Å². The molecule has 2 nitrogen and oxygen atoms in total. The Kier molecular flexibility index (Phi) is 4.76. The van der Waals surface area contributed by atoms with Gasteiger partial charge in [0.2, 0.25) is 0 Å². The molecule has 0 saturated carbocycles. The van der Waals surface area contributed by atoms with Crippen LogP contribution >= 0.6 is 11.8 Å². The number of hydrogen-bond acceptors (Lipinski definition) is 3. The van der Waals surface area contributed by atoms with Gasteiger partial charge in [0.15, 0.2) is 0 Å². The molecule has 1 heterocycles. The highest BCUT2D eigenvalue weighted by molar-refractivity contribution is 7.99. The van der Waals surface area contributed by atoms with Gasteiger partial charge in [0, 0.05) is 28.2 Å². The summed E-state index contributed by atoms with van der Waals surface area (Å²) in [5.74, 6) is 0.279. The van der Waals surface area contributed by atoms with Gasteiger partial charge < -0.3 is 5.32 Å². The predicted molar refractivity (Wildman–Crippen MR) is 120 cm³/mol. The van der Waals surface area contributed by atoms with Crippen molar-refractivity contribution in [3.05, 3.63) is 107 Å². The highest BCUT2D eigenvalue weighted by atomic mass is 32.2. The maximum atomic E-state index is 13.5. The Morgan fingerprint density at radius 2 is 1.59 bits per heavy atom. The molecular formula is C26H23NOS. The lowest BCUT2D eigenvalue weighted by Gasteiger charge is -2.31. The van der Waals surface area contributed by atoms with E-state index in [2.05, 4.69) is 72.9 Å². The molecule has 0 saturated heterocycles.